The van der Waals surface area contributed by atoms with E-state index in [2.05, 4.69) is 4.98 Å². The maximum absolute atomic E-state index is 12.4. The van der Waals surface area contributed by atoms with Crippen LogP contribution in [0.2, 0.25) is 0 Å². The number of nitrogens with one attached hydrogen (secondary N) is 1. The number of thioether (sulfide) groups is 1. The zero-order valence-electron chi connectivity index (χ0n) is 13.2. The topological polar surface area (TPSA) is 45.8 Å². The van der Waals surface area contributed by atoms with Crippen molar-refractivity contribution in [2.24, 2.45) is 0 Å². The molecule has 25 heavy (non-hydrogen) atoms. The zero-order valence-corrected chi connectivity index (χ0v) is 14.8. The number of rotatable bonds is 4. The quantitative estimate of drug-likeness (QED) is 0.471. The van der Waals surface area contributed by atoms with Crippen molar-refractivity contribution in [2.45, 2.75) is 5.16 Å². The second-order valence-electron chi connectivity index (χ2n) is 5.36. The fourth-order valence-electron chi connectivity index (χ4n) is 2.55. The Morgan fingerprint density at radius 1 is 0.880 bits per heavy atom. The molecule has 4 rings (SSSR count). The maximum atomic E-state index is 12.4. The van der Waals surface area contributed by atoms with Gasteiger partial charge in [0.25, 0.3) is 0 Å². The molecule has 0 unspecified atom stereocenters. The number of hydrogen-bond donors (Lipinski definition) is 1. The molecule has 0 saturated heterocycles. The summed E-state index contributed by atoms with van der Waals surface area (Å²) in [5.74, 6) is 0. The molecule has 0 aliphatic rings. The number of aromatic amines is 1. The summed E-state index contributed by atoms with van der Waals surface area (Å²) in [5, 5.41) is 2.51. The molecule has 2 aromatic heterocycles. The Balaban J connectivity index is 1.75. The fraction of sp³-hybridized carbons (Fsp3) is 0. The number of hydrogen-bond acceptors (Lipinski definition) is 4. The number of imidazole rings is 1. The van der Waals surface area contributed by atoms with Crippen molar-refractivity contribution < 1.29 is 4.79 Å². The van der Waals surface area contributed by atoms with Crippen LogP contribution in [0.4, 0.5) is 0 Å². The highest BCUT2D eigenvalue weighted by Gasteiger charge is 2.17. The molecular weight excluding hydrogens is 348 g/mol. The van der Waals surface area contributed by atoms with Crippen molar-refractivity contribution in [3.05, 3.63) is 83.1 Å². The summed E-state index contributed by atoms with van der Waals surface area (Å²) < 4.78 is 0. The van der Waals surface area contributed by atoms with Crippen LogP contribution in [-0.2, 0) is 0 Å². The van der Waals surface area contributed by atoms with Gasteiger partial charge in [-0.2, -0.15) is 0 Å². The van der Waals surface area contributed by atoms with E-state index in [9.17, 15) is 4.79 Å². The Kier molecular flexibility index (Phi) is 4.50. The van der Waals surface area contributed by atoms with Crippen molar-refractivity contribution in [1.29, 1.82) is 0 Å². The summed E-state index contributed by atoms with van der Waals surface area (Å²) in [5.41, 5.74) is 3.85. The highest BCUT2D eigenvalue weighted by molar-refractivity contribution is 8.14. The van der Waals surface area contributed by atoms with Crippen LogP contribution in [0.25, 0.3) is 22.5 Å². The van der Waals surface area contributed by atoms with Gasteiger partial charge in [0.1, 0.15) is 0 Å². The van der Waals surface area contributed by atoms with E-state index < -0.39 is 0 Å². The Morgan fingerprint density at radius 2 is 1.56 bits per heavy atom. The Bertz CT molecular complexity index is 920. The second-order valence-corrected chi connectivity index (χ2v) is 7.27. The largest absolute Gasteiger partial charge is 0.332 e. The van der Waals surface area contributed by atoms with Gasteiger partial charge in [0.15, 0.2) is 5.16 Å². The van der Waals surface area contributed by atoms with E-state index in [0.29, 0.717) is 5.16 Å². The van der Waals surface area contributed by atoms with E-state index in [-0.39, 0.29) is 5.12 Å². The summed E-state index contributed by atoms with van der Waals surface area (Å²) in [7, 11) is 0. The van der Waals surface area contributed by atoms with Crippen molar-refractivity contribution in [2.75, 3.05) is 0 Å². The highest BCUT2D eigenvalue weighted by Crippen LogP contribution is 2.33. The van der Waals surface area contributed by atoms with Gasteiger partial charge in [-0.25, -0.2) is 4.98 Å². The number of carbonyl (C=O) groups excluding carboxylic acids is 1. The predicted molar refractivity (Wildman–Crippen MR) is 104 cm³/mol. The number of benzene rings is 2. The molecule has 4 aromatic rings. The van der Waals surface area contributed by atoms with Crippen molar-refractivity contribution in [1.82, 2.24) is 9.97 Å². The first-order valence-corrected chi connectivity index (χ1v) is 9.47. The standard InChI is InChI=1S/C20H14N2OS2/c23-19(16-12-7-13-24-16)25-20-21-17(14-8-3-1-4-9-14)18(22-20)15-10-5-2-6-11-15/h1-13H,(H,21,22). The fourth-order valence-corrected chi connectivity index (χ4v) is 4.01. The van der Waals surface area contributed by atoms with Gasteiger partial charge in [0, 0.05) is 11.1 Å². The number of H-pyrrole nitrogens is 1. The molecule has 2 heterocycles. The summed E-state index contributed by atoms with van der Waals surface area (Å²) in [4.78, 5) is 21.1. The monoisotopic (exact) mass is 362 g/mol. The molecule has 0 aliphatic carbocycles. The Morgan fingerprint density at radius 3 is 2.20 bits per heavy atom. The van der Waals surface area contributed by atoms with Gasteiger partial charge in [-0.05, 0) is 23.2 Å². The highest BCUT2D eigenvalue weighted by atomic mass is 32.2. The summed E-state index contributed by atoms with van der Waals surface area (Å²) >= 11 is 2.57. The molecule has 2 aromatic carbocycles. The van der Waals surface area contributed by atoms with Crippen molar-refractivity contribution >= 4 is 28.2 Å². The molecule has 0 aliphatic heterocycles. The molecule has 0 radical (unpaired) electrons. The molecule has 122 valence electrons. The van der Waals surface area contributed by atoms with Crippen molar-refractivity contribution in [3.8, 4) is 22.5 Å². The van der Waals surface area contributed by atoms with Crippen LogP contribution in [0.5, 0.6) is 0 Å². The van der Waals surface area contributed by atoms with Gasteiger partial charge in [-0.1, -0.05) is 66.7 Å². The minimum Gasteiger partial charge on any atom is -0.332 e. The van der Waals surface area contributed by atoms with E-state index in [1.807, 2.05) is 78.2 Å². The van der Waals surface area contributed by atoms with Crippen LogP contribution in [-0.4, -0.2) is 15.1 Å². The molecule has 0 bridgehead atoms. The summed E-state index contributed by atoms with van der Waals surface area (Å²) in [6, 6.07) is 23.8. The molecule has 3 nitrogen and oxygen atoms in total. The Hall–Kier alpha value is -2.63. The molecular formula is C20H14N2OS2. The van der Waals surface area contributed by atoms with Crippen LogP contribution >= 0.6 is 23.1 Å². The van der Waals surface area contributed by atoms with E-state index in [1.54, 1.807) is 0 Å². The third-order valence-corrected chi connectivity index (χ3v) is 5.49. The lowest BCUT2D eigenvalue weighted by atomic mass is 10.1. The van der Waals surface area contributed by atoms with Crippen LogP contribution in [0.3, 0.4) is 0 Å². The molecule has 5 heteroatoms. The normalized spacial score (nSPS) is 10.7. The molecule has 0 atom stereocenters. The Labute approximate surface area is 153 Å². The average Bonchev–Trinajstić information content (AvgIpc) is 3.33. The predicted octanol–water partition coefficient (Wildman–Crippen LogP) is 5.74. The maximum Gasteiger partial charge on any atom is 0.236 e. The lowest BCUT2D eigenvalue weighted by Gasteiger charge is -2.02. The molecule has 0 amide bonds. The van der Waals surface area contributed by atoms with Gasteiger partial charge in [-0.15, -0.1) is 11.3 Å². The molecule has 0 spiro atoms. The van der Waals surface area contributed by atoms with Gasteiger partial charge >= 0.3 is 0 Å². The smallest absolute Gasteiger partial charge is 0.236 e. The van der Waals surface area contributed by atoms with E-state index >= 15 is 0 Å². The van der Waals surface area contributed by atoms with Gasteiger partial charge in [0.05, 0.1) is 16.3 Å². The van der Waals surface area contributed by atoms with Crippen LogP contribution < -0.4 is 0 Å². The van der Waals surface area contributed by atoms with Crippen molar-refractivity contribution in [3.63, 3.8) is 0 Å². The summed E-state index contributed by atoms with van der Waals surface area (Å²) in [6.45, 7) is 0. The number of carbonyl (C=O) groups is 1. The minimum absolute atomic E-state index is 0.00275. The van der Waals surface area contributed by atoms with Crippen LogP contribution in [0.1, 0.15) is 9.67 Å². The number of thiophene rings is 1. The molecule has 1 N–H and O–H groups in total. The first-order chi connectivity index (χ1) is 12.3. The lowest BCUT2D eigenvalue weighted by Crippen LogP contribution is -1.89. The SMILES string of the molecule is O=C(Sc1nc(-c2ccccc2)c(-c2ccccc2)[nH]1)c1cccs1. The van der Waals surface area contributed by atoms with Crippen LogP contribution in [0.15, 0.2) is 83.3 Å². The zero-order chi connectivity index (χ0) is 17.1. The number of aromatic nitrogens is 2. The molecule has 0 saturated carbocycles. The van der Waals surface area contributed by atoms with Gasteiger partial charge < -0.3 is 4.98 Å². The molecule has 0 fully saturated rings. The third kappa shape index (κ3) is 3.43. The second kappa shape index (κ2) is 7.09. The number of nitrogens with zero attached hydrogens (tertiary/aromatic N) is 1. The first kappa shape index (κ1) is 15.9. The van der Waals surface area contributed by atoms with E-state index in [4.69, 9.17) is 4.98 Å². The summed E-state index contributed by atoms with van der Waals surface area (Å²) in [6.07, 6.45) is 0. The van der Waals surface area contributed by atoms with E-state index in [0.717, 1.165) is 39.2 Å². The third-order valence-electron chi connectivity index (χ3n) is 3.70. The van der Waals surface area contributed by atoms with Gasteiger partial charge in [0.2, 0.25) is 5.12 Å². The average molecular weight is 362 g/mol. The van der Waals surface area contributed by atoms with E-state index in [1.165, 1.54) is 11.3 Å². The first-order valence-electron chi connectivity index (χ1n) is 7.78. The minimum atomic E-state index is 0.00275. The van der Waals surface area contributed by atoms with Crippen LogP contribution in [0, 0.1) is 0 Å². The lowest BCUT2D eigenvalue weighted by molar-refractivity contribution is 0.109. The van der Waals surface area contributed by atoms with Gasteiger partial charge in [-0.3, -0.25) is 4.79 Å².